The number of benzene rings is 6. The van der Waals surface area contributed by atoms with E-state index in [4.69, 9.17) is 18.9 Å². The van der Waals surface area contributed by atoms with Crippen LogP contribution >= 0.6 is 0 Å². The van der Waals surface area contributed by atoms with Crippen molar-refractivity contribution in [1.29, 1.82) is 0 Å². The van der Waals surface area contributed by atoms with Gasteiger partial charge < -0.3 is 28.7 Å². The Morgan fingerprint density at radius 3 is 1.27 bits per heavy atom. The first kappa shape index (κ1) is 31.7. The standard InChI is InChI=1S/C44H36N2O6/c47-43-41-39(33-21-19-29-11-1-3-13-31(29)27-33)45(43)23-24-46-40(34-22-20-30-12-2-4-14-32(30)28-34)42(44(46)48)52-38-18-8-6-16-36(38)50-26-10-9-25-49-35-15-5-7-17-37(35)51-41/h1-22,27-28,39-42H,23-26H2/b10-9-/t39-,40-,41+,42+/m1/s1. The number of hydrogen-bond donors (Lipinski definition) is 0. The van der Waals surface area contributed by atoms with Crippen molar-refractivity contribution < 1.29 is 28.5 Å². The number of amides is 2. The fourth-order valence-corrected chi connectivity index (χ4v) is 7.49. The van der Waals surface area contributed by atoms with E-state index >= 15 is 0 Å². The van der Waals surface area contributed by atoms with Crippen molar-refractivity contribution in [2.24, 2.45) is 0 Å². The highest BCUT2D eigenvalue weighted by molar-refractivity contribution is 5.92. The summed E-state index contributed by atoms with van der Waals surface area (Å²) in [5.41, 5.74) is 1.93. The van der Waals surface area contributed by atoms with E-state index in [0.29, 0.717) is 36.1 Å². The van der Waals surface area contributed by atoms with Gasteiger partial charge in [-0.25, -0.2) is 0 Å². The molecule has 0 aliphatic carbocycles. The maximum Gasteiger partial charge on any atom is 0.266 e. The van der Waals surface area contributed by atoms with Gasteiger partial charge >= 0.3 is 0 Å². The lowest BCUT2D eigenvalue weighted by Gasteiger charge is -2.50. The number of hydrogen-bond acceptors (Lipinski definition) is 6. The Labute approximate surface area is 301 Å². The van der Waals surface area contributed by atoms with Crippen LogP contribution in [0.4, 0.5) is 0 Å². The number of fused-ring (bicyclic) bond motifs is 2. The maximum absolute atomic E-state index is 14.0. The molecule has 0 unspecified atom stereocenters. The first-order valence-electron chi connectivity index (χ1n) is 17.6. The van der Waals surface area contributed by atoms with Gasteiger partial charge in [0.15, 0.2) is 23.0 Å². The Morgan fingerprint density at radius 2 is 0.827 bits per heavy atom. The molecule has 258 valence electrons. The molecule has 4 atom stereocenters. The lowest BCUT2D eigenvalue weighted by Crippen LogP contribution is -2.66. The molecule has 0 saturated carbocycles. The highest BCUT2D eigenvalue weighted by Crippen LogP contribution is 2.43. The SMILES string of the molecule is O=C1[C@H]2Oc3ccccc3OC/C=C\COc3ccccc3O[C@@H]3C(=O)N(CCN1[C@@H]2c1ccc2ccccc2c1)[C@@H]3c1ccc2ccccc2c1. The zero-order chi connectivity index (χ0) is 35.0. The van der Waals surface area contributed by atoms with Crippen molar-refractivity contribution in [2.45, 2.75) is 24.3 Å². The molecule has 11 rings (SSSR count). The Morgan fingerprint density at radius 1 is 0.442 bits per heavy atom. The minimum absolute atomic E-state index is 0.142. The molecule has 2 fully saturated rings. The second kappa shape index (κ2) is 13.5. The van der Waals surface area contributed by atoms with Gasteiger partial charge in [0.25, 0.3) is 11.8 Å². The predicted molar refractivity (Wildman–Crippen MR) is 199 cm³/mol. The molecule has 0 aromatic heterocycles. The van der Waals surface area contributed by atoms with Crippen molar-refractivity contribution in [1.82, 2.24) is 9.80 Å². The summed E-state index contributed by atoms with van der Waals surface area (Å²) in [4.78, 5) is 31.7. The van der Waals surface area contributed by atoms with Crippen LogP contribution in [-0.2, 0) is 9.59 Å². The second-order valence-electron chi connectivity index (χ2n) is 13.2. The van der Waals surface area contributed by atoms with Crippen molar-refractivity contribution in [3.63, 3.8) is 0 Å². The van der Waals surface area contributed by atoms with Crippen molar-refractivity contribution in [3.05, 3.63) is 157 Å². The van der Waals surface area contributed by atoms with Crippen molar-refractivity contribution >= 4 is 33.4 Å². The fraction of sp³-hybridized carbons (Fsp3) is 0.182. The Balaban J connectivity index is 1.09. The summed E-state index contributed by atoms with van der Waals surface area (Å²) in [7, 11) is 0. The number of β-lactam (4-membered cyclic amide) rings is 2. The van der Waals surface area contributed by atoms with E-state index in [-0.39, 0.29) is 37.1 Å². The van der Waals surface area contributed by atoms with Gasteiger partial charge in [-0.15, -0.1) is 0 Å². The van der Waals surface area contributed by atoms with Gasteiger partial charge in [0.2, 0.25) is 12.2 Å². The molecule has 5 aliphatic rings. The zero-order valence-corrected chi connectivity index (χ0v) is 28.3. The predicted octanol–water partition coefficient (Wildman–Crippen LogP) is 7.68. The van der Waals surface area contributed by atoms with E-state index in [0.717, 1.165) is 32.7 Å². The highest BCUT2D eigenvalue weighted by Gasteiger charge is 2.53. The Kier molecular flexibility index (Phi) is 8.20. The normalized spacial score (nSPS) is 22.3. The van der Waals surface area contributed by atoms with Gasteiger partial charge in [0.05, 0.1) is 0 Å². The lowest BCUT2D eigenvalue weighted by molar-refractivity contribution is -0.172. The molecule has 52 heavy (non-hydrogen) atoms. The summed E-state index contributed by atoms with van der Waals surface area (Å²) < 4.78 is 25.2. The van der Waals surface area contributed by atoms with E-state index in [1.54, 1.807) is 0 Å². The van der Waals surface area contributed by atoms with Gasteiger partial charge in [-0.05, 0) is 81.2 Å². The summed E-state index contributed by atoms with van der Waals surface area (Å²) in [5, 5.41) is 4.38. The number of carbonyl (C=O) groups is 2. The quantitative estimate of drug-likeness (QED) is 0.137. The molecular formula is C44H36N2O6. The zero-order valence-electron chi connectivity index (χ0n) is 28.3. The molecule has 2 amide bonds. The Hall–Kier alpha value is -6.28. The molecule has 5 heterocycles. The van der Waals surface area contributed by atoms with E-state index in [9.17, 15) is 9.59 Å². The van der Waals surface area contributed by atoms with Gasteiger partial charge in [-0.1, -0.05) is 97.1 Å². The van der Waals surface area contributed by atoms with Crippen molar-refractivity contribution in [3.8, 4) is 23.0 Å². The largest absolute Gasteiger partial charge is 0.486 e. The molecule has 6 aromatic rings. The summed E-state index contributed by atoms with van der Waals surface area (Å²) >= 11 is 0. The number of carbonyl (C=O) groups excluding carboxylic acids is 2. The second-order valence-corrected chi connectivity index (χ2v) is 13.2. The number of nitrogens with zero attached hydrogens (tertiary/aromatic N) is 2. The Bertz CT molecular complexity index is 2180. The van der Waals surface area contributed by atoms with Gasteiger partial charge in [0, 0.05) is 13.1 Å². The molecular weight excluding hydrogens is 652 g/mol. The molecule has 5 aliphatic heterocycles. The van der Waals surface area contributed by atoms with Crippen LogP contribution in [0, 0.1) is 0 Å². The molecule has 0 radical (unpaired) electrons. The monoisotopic (exact) mass is 688 g/mol. The van der Waals surface area contributed by atoms with Crippen LogP contribution in [-0.4, -0.2) is 60.1 Å². The minimum Gasteiger partial charge on any atom is -0.486 e. The third-order valence-electron chi connectivity index (χ3n) is 10.2. The molecule has 6 aromatic carbocycles. The average Bonchev–Trinajstić information content (AvgIpc) is 3.18. The lowest BCUT2D eigenvalue weighted by atomic mass is 9.87. The van der Waals surface area contributed by atoms with E-state index in [1.165, 1.54) is 0 Å². The van der Waals surface area contributed by atoms with E-state index < -0.39 is 12.2 Å². The third-order valence-corrected chi connectivity index (χ3v) is 10.2. The molecule has 2 saturated heterocycles. The summed E-state index contributed by atoms with van der Waals surface area (Å²) in [5.74, 6) is 1.79. The molecule has 8 heteroatoms. The van der Waals surface area contributed by atoms with Crippen LogP contribution in [0.3, 0.4) is 0 Å². The first-order chi connectivity index (χ1) is 25.6. The number of ether oxygens (including phenoxy) is 4. The van der Waals surface area contributed by atoms with E-state index in [2.05, 4.69) is 60.7 Å². The number of rotatable bonds is 2. The third kappa shape index (κ3) is 5.76. The van der Waals surface area contributed by atoms with Crippen LogP contribution in [0.15, 0.2) is 146 Å². The summed E-state index contributed by atoms with van der Waals surface area (Å²) in [6.07, 6.45) is 2.21. The van der Waals surface area contributed by atoms with Crippen LogP contribution in [0.25, 0.3) is 21.5 Å². The average molecular weight is 689 g/mol. The molecule has 4 bridgehead atoms. The van der Waals surface area contributed by atoms with Crippen LogP contribution < -0.4 is 18.9 Å². The van der Waals surface area contributed by atoms with Crippen LogP contribution in [0.2, 0.25) is 0 Å². The van der Waals surface area contributed by atoms with Crippen LogP contribution in [0.5, 0.6) is 23.0 Å². The highest BCUT2D eigenvalue weighted by atomic mass is 16.5. The van der Waals surface area contributed by atoms with Crippen LogP contribution in [0.1, 0.15) is 23.2 Å². The topological polar surface area (TPSA) is 77.5 Å². The first-order valence-corrected chi connectivity index (χ1v) is 17.6. The van der Waals surface area contributed by atoms with E-state index in [1.807, 2.05) is 94.7 Å². The minimum atomic E-state index is -0.767. The van der Waals surface area contributed by atoms with Gasteiger partial charge in [-0.2, -0.15) is 0 Å². The smallest absolute Gasteiger partial charge is 0.266 e. The fourth-order valence-electron chi connectivity index (χ4n) is 7.49. The molecule has 0 spiro atoms. The van der Waals surface area contributed by atoms with Gasteiger partial charge in [0.1, 0.15) is 25.3 Å². The summed E-state index contributed by atoms with van der Waals surface area (Å²) in [6, 6.07) is 42.9. The molecule has 8 nitrogen and oxygen atoms in total. The number of para-hydroxylation sites is 4. The summed E-state index contributed by atoms with van der Waals surface area (Å²) in [6.45, 7) is 1.20. The van der Waals surface area contributed by atoms with Gasteiger partial charge in [-0.3, -0.25) is 9.59 Å². The maximum atomic E-state index is 14.0. The van der Waals surface area contributed by atoms with Crippen molar-refractivity contribution in [2.75, 3.05) is 26.3 Å². The molecule has 0 N–H and O–H groups in total.